The van der Waals surface area contributed by atoms with Crippen molar-refractivity contribution in [2.45, 2.75) is 6.43 Å². The molecule has 0 bridgehead atoms. The summed E-state index contributed by atoms with van der Waals surface area (Å²) in [7, 11) is -2.79. The van der Waals surface area contributed by atoms with E-state index in [1.165, 1.54) is 43.4 Å². The molecule has 0 fully saturated rings. The number of fused-ring (bicyclic) bond motifs is 2. The lowest BCUT2D eigenvalue weighted by Crippen LogP contribution is -2.34. The molecule has 0 atom stereocenters. The quantitative estimate of drug-likeness (QED) is 0.206. The number of amides is 1. The molecule has 0 aliphatic carbocycles. The van der Waals surface area contributed by atoms with Crippen LogP contribution in [0.1, 0.15) is 10.4 Å². The Labute approximate surface area is 249 Å². The van der Waals surface area contributed by atoms with E-state index in [4.69, 9.17) is 8.83 Å². The summed E-state index contributed by atoms with van der Waals surface area (Å²) in [5, 5.41) is 2.85. The lowest BCUT2D eigenvalue weighted by atomic mass is 9.97. The van der Waals surface area contributed by atoms with Crippen molar-refractivity contribution in [3.63, 3.8) is 0 Å². The summed E-state index contributed by atoms with van der Waals surface area (Å²) in [5.41, 5.74) is 2.43. The Balaban J connectivity index is 1.63. The molecule has 0 spiro atoms. The third kappa shape index (κ3) is 5.37. The Hall–Kier alpha value is -5.17. The Bertz CT molecular complexity index is 2110. The smallest absolute Gasteiger partial charge is 0.257 e. The van der Waals surface area contributed by atoms with Gasteiger partial charge in [0, 0.05) is 41.4 Å². The van der Waals surface area contributed by atoms with Crippen LogP contribution in [0, 0.1) is 5.82 Å². The van der Waals surface area contributed by atoms with Gasteiger partial charge in [-0.2, -0.15) is 4.98 Å². The third-order valence-corrected chi connectivity index (χ3v) is 8.07. The molecule has 44 heavy (non-hydrogen) atoms. The van der Waals surface area contributed by atoms with Crippen LogP contribution in [0.4, 0.5) is 18.9 Å². The Morgan fingerprint density at radius 2 is 1.70 bits per heavy atom. The summed E-state index contributed by atoms with van der Waals surface area (Å²) in [4.78, 5) is 21.8. The number of nitrogens with one attached hydrogen (secondary N) is 1. The van der Waals surface area contributed by atoms with Crippen LogP contribution < -0.4 is 9.62 Å². The predicted molar refractivity (Wildman–Crippen MR) is 159 cm³/mol. The van der Waals surface area contributed by atoms with Gasteiger partial charge in [0.15, 0.2) is 11.2 Å². The lowest BCUT2D eigenvalue weighted by molar-refractivity contribution is 0.0964. The van der Waals surface area contributed by atoms with Gasteiger partial charge in [0.25, 0.3) is 12.3 Å². The fraction of sp³-hybridized carbons (Fsp3) is 0.129. The maximum atomic E-state index is 13.8. The number of halogens is 3. The van der Waals surface area contributed by atoms with Gasteiger partial charge >= 0.3 is 0 Å². The largest absolute Gasteiger partial charge is 0.455 e. The van der Waals surface area contributed by atoms with Crippen molar-refractivity contribution in [2.24, 2.45) is 0 Å². The van der Waals surface area contributed by atoms with Crippen LogP contribution in [0.2, 0.25) is 0 Å². The molecule has 6 rings (SSSR count). The van der Waals surface area contributed by atoms with Crippen LogP contribution in [0.15, 0.2) is 87.8 Å². The number of pyridine rings is 1. The van der Waals surface area contributed by atoms with E-state index < -0.39 is 34.7 Å². The number of anilines is 1. The number of hydrogen-bond acceptors (Lipinski definition) is 7. The second-order valence-electron chi connectivity index (χ2n) is 9.87. The molecule has 6 aromatic rings. The number of hydrogen-bond donors (Lipinski definition) is 1. The van der Waals surface area contributed by atoms with Crippen LogP contribution in [0.3, 0.4) is 0 Å². The van der Waals surface area contributed by atoms with Gasteiger partial charge in [0.05, 0.1) is 24.1 Å². The lowest BCUT2D eigenvalue weighted by Gasteiger charge is -2.25. The maximum Gasteiger partial charge on any atom is 0.257 e. The van der Waals surface area contributed by atoms with Gasteiger partial charge in [-0.1, -0.05) is 12.1 Å². The zero-order valence-corrected chi connectivity index (χ0v) is 24.0. The van der Waals surface area contributed by atoms with E-state index in [-0.39, 0.29) is 39.4 Å². The number of sulfonamides is 1. The molecular formula is C31H23F3N4O5S. The summed E-state index contributed by atoms with van der Waals surface area (Å²) in [5.74, 6) is -0.693. The molecule has 0 aliphatic heterocycles. The predicted octanol–water partition coefficient (Wildman–Crippen LogP) is 6.50. The van der Waals surface area contributed by atoms with Crippen molar-refractivity contribution >= 4 is 43.8 Å². The van der Waals surface area contributed by atoms with Gasteiger partial charge < -0.3 is 14.2 Å². The van der Waals surface area contributed by atoms with E-state index in [0.717, 1.165) is 6.26 Å². The van der Waals surface area contributed by atoms with Crippen LogP contribution in [0.5, 0.6) is 0 Å². The monoisotopic (exact) mass is 620 g/mol. The minimum atomic E-state index is -4.22. The number of furan rings is 1. The first kappa shape index (κ1) is 28.9. The first-order chi connectivity index (χ1) is 21.0. The summed E-state index contributed by atoms with van der Waals surface area (Å²) >= 11 is 0. The van der Waals surface area contributed by atoms with Crippen LogP contribution in [0.25, 0.3) is 56.1 Å². The van der Waals surface area contributed by atoms with Crippen molar-refractivity contribution in [1.82, 2.24) is 15.3 Å². The molecule has 0 radical (unpaired) electrons. The molecule has 0 saturated carbocycles. The highest BCUT2D eigenvalue weighted by atomic mass is 32.2. The summed E-state index contributed by atoms with van der Waals surface area (Å²) in [6, 6.07) is 18.2. The normalized spacial score (nSPS) is 11.9. The first-order valence-corrected chi connectivity index (χ1v) is 15.0. The second kappa shape index (κ2) is 11.2. The zero-order valence-electron chi connectivity index (χ0n) is 23.2. The number of carbonyl (C=O) groups excluding carboxylic acids is 1. The number of alkyl halides is 2. The van der Waals surface area contributed by atoms with Crippen molar-refractivity contribution < 1.29 is 35.2 Å². The van der Waals surface area contributed by atoms with Crippen molar-refractivity contribution in [3.8, 4) is 33.9 Å². The van der Waals surface area contributed by atoms with Gasteiger partial charge in [-0.05, 0) is 60.2 Å². The van der Waals surface area contributed by atoms with Gasteiger partial charge in [-0.25, -0.2) is 26.6 Å². The molecule has 3 aromatic heterocycles. The van der Waals surface area contributed by atoms with E-state index in [9.17, 15) is 26.4 Å². The molecule has 224 valence electrons. The van der Waals surface area contributed by atoms with E-state index in [1.807, 2.05) is 0 Å². The summed E-state index contributed by atoms with van der Waals surface area (Å²) < 4.78 is 79.5. The molecule has 9 nitrogen and oxygen atoms in total. The van der Waals surface area contributed by atoms with Crippen LogP contribution >= 0.6 is 0 Å². The van der Waals surface area contributed by atoms with E-state index in [0.29, 0.717) is 32.2 Å². The molecule has 3 heterocycles. The average Bonchev–Trinajstić information content (AvgIpc) is 3.60. The highest BCUT2D eigenvalue weighted by Crippen LogP contribution is 2.42. The number of carbonyl (C=O) groups is 1. The number of aromatic nitrogens is 2. The standard InChI is InChI=1S/C31H23F3N4O5S/c1-35-30(39)27-22-14-21(18-5-3-6-19(13-18)31-37-29-24(43-31)7-4-12-36-29)23(38(16-26(33)34)44(2,40)41)15-25(22)42-28(27)17-8-10-20(32)11-9-17/h3-15,26H,16H2,1-2H3,(H,35,39). The average molecular weight is 621 g/mol. The molecule has 1 N–H and O–H groups in total. The number of benzene rings is 3. The van der Waals surface area contributed by atoms with Crippen molar-refractivity contribution in [2.75, 3.05) is 24.2 Å². The van der Waals surface area contributed by atoms with Crippen LogP contribution in [-0.4, -0.2) is 50.6 Å². The third-order valence-electron chi connectivity index (χ3n) is 6.93. The van der Waals surface area contributed by atoms with Gasteiger partial charge in [0.1, 0.15) is 17.2 Å². The molecule has 13 heteroatoms. The summed E-state index contributed by atoms with van der Waals surface area (Å²) in [6.45, 7) is -1.12. The number of nitrogens with zero attached hydrogens (tertiary/aromatic N) is 3. The minimum absolute atomic E-state index is 0.0609. The van der Waals surface area contributed by atoms with E-state index >= 15 is 0 Å². The minimum Gasteiger partial charge on any atom is -0.455 e. The van der Waals surface area contributed by atoms with Gasteiger partial charge in [-0.3, -0.25) is 9.10 Å². The fourth-order valence-electron chi connectivity index (χ4n) is 4.97. The molecule has 1 amide bonds. The van der Waals surface area contributed by atoms with E-state index in [1.54, 1.807) is 42.6 Å². The molecule has 0 unspecified atom stereocenters. The van der Waals surface area contributed by atoms with Gasteiger partial charge in [-0.15, -0.1) is 0 Å². The fourth-order valence-corrected chi connectivity index (χ4v) is 5.87. The first-order valence-electron chi connectivity index (χ1n) is 13.2. The zero-order chi connectivity index (χ0) is 31.2. The number of oxazole rings is 1. The molecule has 0 saturated heterocycles. The topological polar surface area (TPSA) is 119 Å². The number of rotatable bonds is 8. The maximum absolute atomic E-state index is 13.8. The molecule has 0 aliphatic rings. The molecule has 3 aromatic carbocycles. The highest BCUT2D eigenvalue weighted by molar-refractivity contribution is 7.92. The second-order valence-corrected chi connectivity index (χ2v) is 11.8. The Morgan fingerprint density at radius 3 is 2.39 bits per heavy atom. The summed E-state index contributed by atoms with van der Waals surface area (Å²) in [6.07, 6.45) is -0.600. The SMILES string of the molecule is CNC(=O)c1c(-c2ccc(F)cc2)oc2cc(N(CC(F)F)S(C)(=O)=O)c(-c3cccc(-c4nc5ncccc5o4)c3)cc12. The van der Waals surface area contributed by atoms with Crippen molar-refractivity contribution in [1.29, 1.82) is 0 Å². The van der Waals surface area contributed by atoms with E-state index in [2.05, 4.69) is 15.3 Å². The molecular weight excluding hydrogens is 597 g/mol. The van der Waals surface area contributed by atoms with Crippen molar-refractivity contribution in [3.05, 3.63) is 90.4 Å². The van der Waals surface area contributed by atoms with Gasteiger partial charge in [0.2, 0.25) is 15.9 Å². The van der Waals surface area contributed by atoms with Crippen LogP contribution in [-0.2, 0) is 10.0 Å². The Morgan fingerprint density at radius 1 is 0.955 bits per heavy atom. The highest BCUT2D eigenvalue weighted by Gasteiger charge is 2.29. The Kier molecular flexibility index (Phi) is 7.33.